The number of carbonyl (C=O) groups excluding carboxylic acids is 3. The van der Waals surface area contributed by atoms with Crippen LogP contribution in [0.5, 0.6) is 5.75 Å². The molecule has 1 fully saturated rings. The van der Waals surface area contributed by atoms with Crippen LogP contribution in [-0.2, 0) is 19.1 Å². The van der Waals surface area contributed by atoms with Gasteiger partial charge >= 0.3 is 5.97 Å². The quantitative estimate of drug-likeness (QED) is 0.759. The van der Waals surface area contributed by atoms with Gasteiger partial charge in [-0.05, 0) is 49.7 Å². The summed E-state index contributed by atoms with van der Waals surface area (Å²) in [5.74, 6) is -1.03. The minimum atomic E-state index is -0.586. The van der Waals surface area contributed by atoms with Crippen LogP contribution in [0.1, 0.15) is 17.5 Å². The Bertz CT molecular complexity index is 923. The third kappa shape index (κ3) is 4.93. The maximum Gasteiger partial charge on any atom is 0.311 e. The molecule has 1 N–H and O–H groups in total. The van der Waals surface area contributed by atoms with Gasteiger partial charge in [0.05, 0.1) is 13.0 Å². The molecule has 7 nitrogen and oxygen atoms in total. The molecule has 2 amide bonds. The van der Waals surface area contributed by atoms with E-state index in [9.17, 15) is 14.4 Å². The number of hydrogen-bond donors (Lipinski definition) is 1. The number of hydrogen-bond acceptors (Lipinski definition) is 5. The Morgan fingerprint density at radius 1 is 1.14 bits per heavy atom. The Kier molecular flexibility index (Phi) is 6.16. The summed E-state index contributed by atoms with van der Waals surface area (Å²) in [6.45, 7) is 3.77. The Hall–Kier alpha value is -3.35. The first-order valence-electron chi connectivity index (χ1n) is 9.35. The van der Waals surface area contributed by atoms with Crippen molar-refractivity contribution in [3.63, 3.8) is 0 Å². The number of benzene rings is 2. The fourth-order valence-electron chi connectivity index (χ4n) is 3.33. The van der Waals surface area contributed by atoms with Gasteiger partial charge in [0.25, 0.3) is 5.91 Å². The minimum Gasteiger partial charge on any atom is -0.497 e. The molecule has 0 radical (unpaired) electrons. The Morgan fingerprint density at radius 2 is 1.86 bits per heavy atom. The molecule has 152 valence electrons. The molecule has 1 aliphatic rings. The standard InChI is InChI=1S/C22H24N2O5/c1-14-4-9-19(15(2)10-14)24-12-16(11-21(24)26)22(27)29-13-20(25)23-17-5-7-18(28-3)8-6-17/h4-10,16H,11-13H2,1-3H3,(H,23,25)/t16-/m1/s1. The first kappa shape index (κ1) is 20.4. The highest BCUT2D eigenvalue weighted by Crippen LogP contribution is 2.29. The summed E-state index contributed by atoms with van der Waals surface area (Å²) in [7, 11) is 1.56. The van der Waals surface area contributed by atoms with E-state index in [1.807, 2.05) is 32.0 Å². The van der Waals surface area contributed by atoms with Crippen LogP contribution < -0.4 is 15.0 Å². The average Bonchev–Trinajstić information content (AvgIpc) is 3.08. The molecule has 0 unspecified atom stereocenters. The van der Waals surface area contributed by atoms with Crippen molar-refractivity contribution >= 4 is 29.2 Å². The lowest BCUT2D eigenvalue weighted by Gasteiger charge is -2.19. The molecule has 0 aromatic heterocycles. The van der Waals surface area contributed by atoms with Crippen LogP contribution in [0, 0.1) is 19.8 Å². The number of amides is 2. The van der Waals surface area contributed by atoms with Crippen molar-refractivity contribution in [2.75, 3.05) is 30.5 Å². The molecule has 1 aliphatic heterocycles. The molecule has 1 atom stereocenters. The fourth-order valence-corrected chi connectivity index (χ4v) is 3.33. The lowest BCUT2D eigenvalue weighted by Crippen LogP contribution is -2.28. The number of carbonyl (C=O) groups is 3. The van der Waals surface area contributed by atoms with E-state index < -0.39 is 24.4 Å². The van der Waals surface area contributed by atoms with E-state index >= 15 is 0 Å². The number of nitrogens with zero attached hydrogens (tertiary/aromatic N) is 1. The van der Waals surface area contributed by atoms with Gasteiger partial charge in [0, 0.05) is 24.3 Å². The molecule has 0 saturated carbocycles. The van der Waals surface area contributed by atoms with Crippen LogP contribution in [0.3, 0.4) is 0 Å². The van der Waals surface area contributed by atoms with Gasteiger partial charge in [-0.1, -0.05) is 17.7 Å². The van der Waals surface area contributed by atoms with Crippen LogP contribution in [0.2, 0.25) is 0 Å². The molecule has 1 saturated heterocycles. The Morgan fingerprint density at radius 3 is 2.52 bits per heavy atom. The van der Waals surface area contributed by atoms with E-state index in [2.05, 4.69) is 5.32 Å². The molecule has 0 aliphatic carbocycles. The minimum absolute atomic E-state index is 0.0756. The first-order chi connectivity index (χ1) is 13.9. The molecule has 7 heteroatoms. The van der Waals surface area contributed by atoms with Crippen molar-refractivity contribution in [3.05, 3.63) is 53.6 Å². The third-order valence-electron chi connectivity index (χ3n) is 4.82. The van der Waals surface area contributed by atoms with Gasteiger partial charge in [0.2, 0.25) is 5.91 Å². The summed E-state index contributed by atoms with van der Waals surface area (Å²) in [6.07, 6.45) is 0.0756. The zero-order valence-electron chi connectivity index (χ0n) is 16.7. The fraction of sp³-hybridized carbons (Fsp3) is 0.318. The summed E-state index contributed by atoms with van der Waals surface area (Å²) in [6, 6.07) is 12.6. The van der Waals surface area contributed by atoms with E-state index in [1.165, 1.54) is 0 Å². The highest BCUT2D eigenvalue weighted by Gasteiger charge is 2.36. The Balaban J connectivity index is 1.53. The highest BCUT2D eigenvalue weighted by atomic mass is 16.5. The lowest BCUT2D eigenvalue weighted by atomic mass is 10.1. The number of anilines is 2. The normalized spacial score (nSPS) is 15.9. The van der Waals surface area contributed by atoms with Crippen molar-refractivity contribution in [2.45, 2.75) is 20.3 Å². The zero-order valence-corrected chi connectivity index (χ0v) is 16.7. The highest BCUT2D eigenvalue weighted by molar-refractivity contribution is 6.00. The molecule has 0 bridgehead atoms. The maximum absolute atomic E-state index is 12.4. The molecule has 29 heavy (non-hydrogen) atoms. The topological polar surface area (TPSA) is 84.9 Å². The average molecular weight is 396 g/mol. The predicted octanol–water partition coefficient (Wildman–Crippen LogP) is 2.85. The van der Waals surface area contributed by atoms with Crippen LogP contribution in [0.25, 0.3) is 0 Å². The molecule has 2 aromatic carbocycles. The van der Waals surface area contributed by atoms with Crippen molar-refractivity contribution in [3.8, 4) is 5.75 Å². The predicted molar refractivity (Wildman–Crippen MR) is 109 cm³/mol. The number of ether oxygens (including phenoxy) is 2. The van der Waals surface area contributed by atoms with Crippen molar-refractivity contribution in [1.82, 2.24) is 0 Å². The number of nitrogens with one attached hydrogen (secondary N) is 1. The SMILES string of the molecule is COc1ccc(NC(=O)COC(=O)[C@@H]2CC(=O)N(c3ccc(C)cc3C)C2)cc1. The molecule has 3 rings (SSSR count). The van der Waals surface area contributed by atoms with Crippen LogP contribution in [0.4, 0.5) is 11.4 Å². The van der Waals surface area contributed by atoms with E-state index in [0.717, 1.165) is 16.8 Å². The number of rotatable bonds is 6. The summed E-state index contributed by atoms with van der Waals surface area (Å²) >= 11 is 0. The second-order valence-electron chi connectivity index (χ2n) is 7.08. The molecular weight excluding hydrogens is 372 g/mol. The molecule has 2 aromatic rings. The monoisotopic (exact) mass is 396 g/mol. The molecule has 1 heterocycles. The van der Waals surface area contributed by atoms with Crippen molar-refractivity contribution < 1.29 is 23.9 Å². The first-order valence-corrected chi connectivity index (χ1v) is 9.35. The van der Waals surface area contributed by atoms with E-state index in [4.69, 9.17) is 9.47 Å². The van der Waals surface area contributed by atoms with Gasteiger partial charge < -0.3 is 19.7 Å². The number of methoxy groups -OCH3 is 1. The third-order valence-corrected chi connectivity index (χ3v) is 4.82. The van der Waals surface area contributed by atoms with Gasteiger partial charge in [-0.25, -0.2) is 0 Å². The van der Waals surface area contributed by atoms with Gasteiger partial charge in [-0.3, -0.25) is 14.4 Å². The van der Waals surface area contributed by atoms with Crippen LogP contribution in [0.15, 0.2) is 42.5 Å². The van der Waals surface area contributed by atoms with Gasteiger partial charge in [-0.2, -0.15) is 0 Å². The van der Waals surface area contributed by atoms with Crippen molar-refractivity contribution in [1.29, 1.82) is 0 Å². The largest absolute Gasteiger partial charge is 0.497 e. The van der Waals surface area contributed by atoms with Gasteiger partial charge in [0.1, 0.15) is 5.75 Å². The van der Waals surface area contributed by atoms with Crippen LogP contribution >= 0.6 is 0 Å². The van der Waals surface area contributed by atoms with E-state index in [-0.39, 0.29) is 18.9 Å². The van der Waals surface area contributed by atoms with Crippen LogP contribution in [-0.4, -0.2) is 38.0 Å². The number of esters is 1. The lowest BCUT2D eigenvalue weighted by molar-refractivity contribution is -0.151. The van der Waals surface area contributed by atoms with Gasteiger partial charge in [-0.15, -0.1) is 0 Å². The van der Waals surface area contributed by atoms with Gasteiger partial charge in [0.15, 0.2) is 6.61 Å². The smallest absolute Gasteiger partial charge is 0.311 e. The van der Waals surface area contributed by atoms with Crippen molar-refractivity contribution in [2.24, 2.45) is 5.92 Å². The summed E-state index contributed by atoms with van der Waals surface area (Å²) in [5.41, 5.74) is 3.46. The van der Waals surface area contributed by atoms with E-state index in [1.54, 1.807) is 36.3 Å². The number of aryl methyl sites for hydroxylation is 2. The maximum atomic E-state index is 12.4. The second-order valence-corrected chi connectivity index (χ2v) is 7.08. The second kappa shape index (κ2) is 8.77. The summed E-state index contributed by atoms with van der Waals surface area (Å²) in [5, 5.41) is 2.65. The molecular formula is C22H24N2O5. The summed E-state index contributed by atoms with van der Waals surface area (Å²) < 4.78 is 10.2. The Labute approximate surface area is 169 Å². The molecule has 0 spiro atoms. The van der Waals surface area contributed by atoms with E-state index in [0.29, 0.717) is 11.4 Å². The summed E-state index contributed by atoms with van der Waals surface area (Å²) in [4.78, 5) is 38.4. The zero-order chi connectivity index (χ0) is 21.0.